The summed E-state index contributed by atoms with van der Waals surface area (Å²) in [7, 11) is -3.52. The number of sulfonamides is 1. The van der Waals surface area contributed by atoms with Crippen molar-refractivity contribution in [2.75, 3.05) is 0 Å². The van der Waals surface area contributed by atoms with Crippen molar-refractivity contribution in [3.63, 3.8) is 0 Å². The van der Waals surface area contributed by atoms with Gasteiger partial charge in [-0.1, -0.05) is 0 Å². The van der Waals surface area contributed by atoms with E-state index in [2.05, 4.69) is 4.98 Å². The molecule has 0 saturated heterocycles. The van der Waals surface area contributed by atoms with E-state index in [0.29, 0.717) is 10.9 Å². The second-order valence-corrected chi connectivity index (χ2v) is 4.07. The quantitative estimate of drug-likeness (QED) is 0.579. The summed E-state index contributed by atoms with van der Waals surface area (Å²) < 4.78 is 55.7. The Morgan fingerprint density at radius 3 is 2.19 bits per heavy atom. The van der Waals surface area contributed by atoms with E-state index in [1.807, 2.05) is 17.8 Å². The van der Waals surface area contributed by atoms with Gasteiger partial charge in [-0.25, -0.2) is 9.71 Å². The summed E-state index contributed by atoms with van der Waals surface area (Å²) in [5.41, 5.74) is -5.41. The van der Waals surface area contributed by atoms with Crippen LogP contribution in [0, 0.1) is 11.5 Å². The molecule has 1 N–H and O–H groups in total. The lowest BCUT2D eigenvalue weighted by Crippen LogP contribution is -2.33. The summed E-state index contributed by atoms with van der Waals surface area (Å²) in [4.78, 5) is 3.78. The fraction of sp³-hybridized carbons (Fsp3) is 0.333. The van der Waals surface area contributed by atoms with Crippen molar-refractivity contribution in [3.05, 3.63) is 18.7 Å². The third kappa shape index (κ3) is 4.65. The van der Waals surface area contributed by atoms with Gasteiger partial charge >= 0.3 is 15.5 Å². The Kier molecular flexibility index (Phi) is 4.77. The smallest absolute Gasteiger partial charge is 0.341 e. The van der Waals surface area contributed by atoms with Gasteiger partial charge in [-0.05, 0) is 0 Å². The Morgan fingerprint density at radius 2 is 2.06 bits per heavy atom. The van der Waals surface area contributed by atoms with Crippen LogP contribution >= 0.6 is 0 Å². The molecule has 0 spiro atoms. The first-order chi connectivity index (χ1) is 7.20. The summed E-state index contributed by atoms with van der Waals surface area (Å²) in [6.07, 6.45) is 6.05. The van der Waals surface area contributed by atoms with Gasteiger partial charge in [0.05, 0.1) is 6.33 Å². The van der Waals surface area contributed by atoms with Crippen molar-refractivity contribution >= 4 is 10.0 Å². The normalized spacial score (nSPS) is 10.9. The number of imidazole rings is 1. The third-order valence-electron chi connectivity index (χ3n) is 1.12. The average Bonchev–Trinajstić information content (AvgIpc) is 2.54. The highest BCUT2D eigenvalue weighted by atomic mass is 32.2. The highest BCUT2D eigenvalue weighted by Gasteiger charge is 2.45. The average molecular weight is 256 g/mol. The first kappa shape index (κ1) is 14.2. The van der Waals surface area contributed by atoms with E-state index >= 15 is 0 Å². The molecule has 1 aromatic rings. The molecular formula is C6H7F3N4O2S. The highest BCUT2D eigenvalue weighted by Crippen LogP contribution is 2.20. The van der Waals surface area contributed by atoms with E-state index in [1.165, 1.54) is 0 Å². The number of nitrogens with zero attached hydrogens (tertiary/aromatic N) is 3. The second-order valence-electron chi connectivity index (χ2n) is 2.39. The molecule has 1 heterocycles. The lowest BCUT2D eigenvalue weighted by atomic mass is 10.9. The van der Waals surface area contributed by atoms with E-state index in [4.69, 9.17) is 5.26 Å². The first-order valence-electron chi connectivity index (χ1n) is 3.60. The van der Waals surface area contributed by atoms with Crippen LogP contribution in [0.15, 0.2) is 18.7 Å². The Balaban J connectivity index is 0.000000315. The summed E-state index contributed by atoms with van der Waals surface area (Å²) in [6, 6.07) is 0. The molecule has 0 aliphatic rings. The molecule has 6 nitrogen and oxygen atoms in total. The Hall–Kier alpha value is -1.76. The van der Waals surface area contributed by atoms with Gasteiger partial charge in [0.15, 0.2) is 6.19 Å². The molecule has 90 valence electrons. The molecule has 0 aliphatic carbocycles. The second kappa shape index (κ2) is 5.36. The van der Waals surface area contributed by atoms with Gasteiger partial charge in [0.25, 0.3) is 0 Å². The maximum absolute atomic E-state index is 11.2. The minimum Gasteiger partial charge on any atom is -0.341 e. The molecule has 1 rings (SSSR count). The fourth-order valence-corrected chi connectivity index (χ4v) is 0.680. The number of rotatable bonds is 1. The van der Waals surface area contributed by atoms with Crippen LogP contribution in [-0.4, -0.2) is 23.5 Å². The van der Waals surface area contributed by atoms with Gasteiger partial charge in [-0.3, -0.25) is 0 Å². The van der Waals surface area contributed by atoms with Crippen molar-refractivity contribution in [3.8, 4) is 6.19 Å². The van der Waals surface area contributed by atoms with Crippen molar-refractivity contribution in [2.24, 2.45) is 7.05 Å². The summed E-state index contributed by atoms with van der Waals surface area (Å²) in [5, 5.41) is 7.52. The fourth-order valence-electron chi connectivity index (χ4n) is 0.444. The molecule has 0 saturated carbocycles. The Bertz CT molecular complexity index is 445. The molecule has 0 aliphatic heterocycles. The minimum absolute atomic E-state index is 0.615. The number of aromatic nitrogens is 2. The predicted molar refractivity (Wildman–Crippen MR) is 46.9 cm³/mol. The lowest BCUT2D eigenvalue weighted by molar-refractivity contribution is -0.0443. The van der Waals surface area contributed by atoms with E-state index in [0.717, 1.165) is 0 Å². The molecule has 0 bridgehead atoms. The first-order valence-corrected chi connectivity index (χ1v) is 5.08. The van der Waals surface area contributed by atoms with E-state index < -0.39 is 15.5 Å². The Morgan fingerprint density at radius 1 is 1.50 bits per heavy atom. The Labute approximate surface area is 89.4 Å². The monoisotopic (exact) mass is 256 g/mol. The van der Waals surface area contributed by atoms with Crippen LogP contribution in [0.25, 0.3) is 0 Å². The molecule has 10 heteroatoms. The third-order valence-corrected chi connectivity index (χ3v) is 2.09. The standard InChI is InChI=1S/C4H6N2.C2HF3N2O2S/c1-6-3-2-5-4-6;3-2(4,5)10(8,9)7-1-6/h2-4H,1H3;7H. The summed E-state index contributed by atoms with van der Waals surface area (Å²) in [5.74, 6) is 0. The number of alkyl halides is 3. The van der Waals surface area contributed by atoms with Crippen LogP contribution in [0.3, 0.4) is 0 Å². The molecule has 1 aromatic heterocycles. The molecule has 0 amide bonds. The van der Waals surface area contributed by atoms with Crippen LogP contribution in [0.2, 0.25) is 0 Å². The lowest BCUT2D eigenvalue weighted by Gasteiger charge is -2.02. The van der Waals surface area contributed by atoms with Gasteiger partial charge in [0.2, 0.25) is 0 Å². The molecular weight excluding hydrogens is 249 g/mol. The van der Waals surface area contributed by atoms with Crippen LogP contribution in [-0.2, 0) is 17.1 Å². The van der Waals surface area contributed by atoms with Crippen LogP contribution in [0.5, 0.6) is 0 Å². The maximum Gasteiger partial charge on any atom is 0.517 e. The van der Waals surface area contributed by atoms with Crippen LogP contribution in [0.4, 0.5) is 13.2 Å². The number of hydrogen-bond acceptors (Lipinski definition) is 4. The maximum atomic E-state index is 11.2. The van der Waals surface area contributed by atoms with Gasteiger partial charge in [-0.2, -0.15) is 26.9 Å². The van der Waals surface area contributed by atoms with Crippen LogP contribution in [0.1, 0.15) is 0 Å². The number of nitriles is 1. The molecule has 0 atom stereocenters. The predicted octanol–water partition coefficient (Wildman–Crippen LogP) is 0.327. The summed E-state index contributed by atoms with van der Waals surface area (Å²) >= 11 is 0. The molecule has 0 aromatic carbocycles. The van der Waals surface area contributed by atoms with E-state index in [1.54, 1.807) is 12.5 Å². The van der Waals surface area contributed by atoms with E-state index in [9.17, 15) is 21.6 Å². The number of halogens is 3. The van der Waals surface area contributed by atoms with Gasteiger partial charge in [-0.15, -0.1) is 0 Å². The summed E-state index contributed by atoms with van der Waals surface area (Å²) in [6.45, 7) is 0. The van der Waals surface area contributed by atoms with Gasteiger partial charge in [0.1, 0.15) is 0 Å². The zero-order valence-corrected chi connectivity index (χ0v) is 8.75. The topological polar surface area (TPSA) is 87.8 Å². The zero-order valence-electron chi connectivity index (χ0n) is 7.93. The van der Waals surface area contributed by atoms with Crippen molar-refractivity contribution in [1.82, 2.24) is 14.3 Å². The number of hydrogen-bond donors (Lipinski definition) is 1. The largest absolute Gasteiger partial charge is 0.517 e. The van der Waals surface area contributed by atoms with Crippen molar-refractivity contribution in [2.45, 2.75) is 5.51 Å². The van der Waals surface area contributed by atoms with E-state index in [-0.39, 0.29) is 0 Å². The molecule has 0 radical (unpaired) electrons. The SMILES string of the molecule is Cn1ccnc1.N#CNS(=O)(=O)C(F)(F)F. The van der Waals surface area contributed by atoms with Gasteiger partial charge in [0, 0.05) is 19.4 Å². The molecule has 16 heavy (non-hydrogen) atoms. The van der Waals surface area contributed by atoms with Gasteiger partial charge < -0.3 is 4.57 Å². The minimum atomic E-state index is -5.46. The molecule has 0 fully saturated rings. The number of nitrogens with one attached hydrogen (secondary N) is 1. The van der Waals surface area contributed by atoms with Crippen molar-refractivity contribution in [1.29, 1.82) is 5.26 Å². The molecule has 0 unspecified atom stereocenters. The number of aryl methyl sites for hydroxylation is 1. The zero-order chi connectivity index (χ0) is 12.8. The van der Waals surface area contributed by atoms with Crippen molar-refractivity contribution < 1.29 is 21.6 Å². The highest BCUT2D eigenvalue weighted by molar-refractivity contribution is 7.90. The van der Waals surface area contributed by atoms with Crippen LogP contribution < -0.4 is 4.72 Å².